The van der Waals surface area contributed by atoms with Crippen LogP contribution in [0.3, 0.4) is 0 Å². The Kier molecular flexibility index (Phi) is 3.24. The van der Waals surface area contributed by atoms with Gasteiger partial charge in [0.15, 0.2) is 5.65 Å². The number of fused-ring (bicyclic) bond motifs is 1. The van der Waals surface area contributed by atoms with Crippen LogP contribution >= 0.6 is 11.6 Å². The number of hydrogen-bond donors (Lipinski definition) is 2. The molecule has 0 saturated carbocycles. The molecular weight excluding hydrogens is 244 g/mol. The lowest BCUT2D eigenvalue weighted by atomic mass is 10.1. The van der Waals surface area contributed by atoms with Crippen molar-refractivity contribution in [3.8, 4) is 6.07 Å². The van der Waals surface area contributed by atoms with E-state index in [1.165, 1.54) is 10.7 Å². The second kappa shape index (κ2) is 4.67. The summed E-state index contributed by atoms with van der Waals surface area (Å²) in [5, 5.41) is 32.1. The summed E-state index contributed by atoms with van der Waals surface area (Å²) in [7, 11) is 0. The molecule has 0 aliphatic heterocycles. The van der Waals surface area contributed by atoms with E-state index in [2.05, 4.69) is 10.1 Å². The summed E-state index contributed by atoms with van der Waals surface area (Å²) in [6.45, 7) is 0. The molecule has 2 atom stereocenters. The predicted molar refractivity (Wildman–Crippen MR) is 59.2 cm³/mol. The van der Waals surface area contributed by atoms with Crippen molar-refractivity contribution in [2.24, 2.45) is 0 Å². The van der Waals surface area contributed by atoms with E-state index in [0.717, 1.165) is 0 Å². The molecule has 0 amide bonds. The lowest BCUT2D eigenvalue weighted by molar-refractivity contribution is 0.0179. The standard InChI is InChI=1S/C10H9ClN4O2/c11-8-1-2-9-13-5-6(15(9)14-8)10(17)7(16)3-4-12/h1-2,5,7,10,16-17H,3H2. The Morgan fingerprint density at radius 2 is 2.24 bits per heavy atom. The summed E-state index contributed by atoms with van der Waals surface area (Å²) in [4.78, 5) is 4.01. The van der Waals surface area contributed by atoms with E-state index < -0.39 is 12.2 Å². The van der Waals surface area contributed by atoms with E-state index in [9.17, 15) is 10.2 Å². The van der Waals surface area contributed by atoms with Crippen LogP contribution in [0.25, 0.3) is 5.65 Å². The minimum Gasteiger partial charge on any atom is -0.389 e. The van der Waals surface area contributed by atoms with E-state index in [4.69, 9.17) is 16.9 Å². The molecule has 17 heavy (non-hydrogen) atoms. The minimum absolute atomic E-state index is 0.172. The van der Waals surface area contributed by atoms with Crippen LogP contribution in [-0.4, -0.2) is 30.9 Å². The highest BCUT2D eigenvalue weighted by atomic mass is 35.5. The number of aromatic nitrogens is 3. The largest absolute Gasteiger partial charge is 0.389 e. The summed E-state index contributed by atoms with van der Waals surface area (Å²) in [5.74, 6) is 0. The molecule has 0 aromatic carbocycles. The zero-order valence-electron chi connectivity index (χ0n) is 8.66. The third-order valence-corrected chi connectivity index (χ3v) is 2.53. The average molecular weight is 253 g/mol. The molecule has 2 aromatic heterocycles. The molecule has 2 rings (SSSR count). The van der Waals surface area contributed by atoms with Crippen LogP contribution in [0.2, 0.25) is 5.15 Å². The maximum Gasteiger partial charge on any atom is 0.153 e. The molecule has 0 saturated heterocycles. The fourth-order valence-corrected chi connectivity index (χ4v) is 1.61. The normalized spacial score (nSPS) is 14.5. The Labute approximate surface area is 102 Å². The Morgan fingerprint density at radius 1 is 1.47 bits per heavy atom. The van der Waals surface area contributed by atoms with Gasteiger partial charge >= 0.3 is 0 Å². The highest BCUT2D eigenvalue weighted by molar-refractivity contribution is 6.29. The van der Waals surface area contributed by atoms with Crippen LogP contribution in [0.1, 0.15) is 18.2 Å². The lowest BCUT2D eigenvalue weighted by Crippen LogP contribution is -2.19. The van der Waals surface area contributed by atoms with Crippen LogP contribution in [0.5, 0.6) is 0 Å². The number of aliphatic hydroxyl groups excluding tert-OH is 2. The first-order chi connectivity index (χ1) is 8.13. The van der Waals surface area contributed by atoms with Crippen LogP contribution in [0.15, 0.2) is 18.3 Å². The van der Waals surface area contributed by atoms with Gasteiger partial charge < -0.3 is 10.2 Å². The molecule has 0 bridgehead atoms. The fraction of sp³-hybridized carbons (Fsp3) is 0.300. The number of imidazole rings is 1. The monoisotopic (exact) mass is 252 g/mol. The SMILES string of the molecule is N#CCC(O)C(O)c1cnc2ccc(Cl)nn12. The summed E-state index contributed by atoms with van der Waals surface area (Å²) in [5.41, 5.74) is 0.804. The van der Waals surface area contributed by atoms with Crippen LogP contribution in [0, 0.1) is 11.3 Å². The number of rotatable bonds is 3. The molecule has 2 N–H and O–H groups in total. The molecule has 0 aliphatic rings. The third-order valence-electron chi connectivity index (χ3n) is 2.32. The number of nitrogens with zero attached hydrogens (tertiary/aromatic N) is 4. The van der Waals surface area contributed by atoms with Crippen LogP contribution < -0.4 is 0 Å². The molecule has 0 spiro atoms. The maximum absolute atomic E-state index is 9.85. The molecule has 7 heteroatoms. The van der Waals surface area contributed by atoms with Crippen LogP contribution in [0.4, 0.5) is 0 Å². The maximum atomic E-state index is 9.85. The Hall–Kier alpha value is -1.68. The highest BCUT2D eigenvalue weighted by Gasteiger charge is 2.22. The van der Waals surface area contributed by atoms with Gasteiger partial charge in [-0.3, -0.25) is 0 Å². The second-order valence-corrected chi connectivity index (χ2v) is 3.87. The quantitative estimate of drug-likeness (QED) is 0.838. The first-order valence-electron chi connectivity index (χ1n) is 4.86. The molecule has 2 aromatic rings. The van der Waals surface area contributed by atoms with Gasteiger partial charge in [-0.2, -0.15) is 10.4 Å². The van der Waals surface area contributed by atoms with Gasteiger partial charge in [0.05, 0.1) is 30.5 Å². The number of nitriles is 1. The summed E-state index contributed by atoms with van der Waals surface area (Å²) < 4.78 is 1.34. The minimum atomic E-state index is -1.23. The van der Waals surface area contributed by atoms with Gasteiger partial charge in [0.2, 0.25) is 0 Å². The number of hydrogen-bond acceptors (Lipinski definition) is 5. The van der Waals surface area contributed by atoms with E-state index >= 15 is 0 Å². The Morgan fingerprint density at radius 3 is 2.94 bits per heavy atom. The van der Waals surface area contributed by atoms with E-state index in [0.29, 0.717) is 11.3 Å². The molecule has 0 fully saturated rings. The highest BCUT2D eigenvalue weighted by Crippen LogP contribution is 2.20. The van der Waals surface area contributed by atoms with Gasteiger partial charge in [-0.15, -0.1) is 0 Å². The van der Waals surface area contributed by atoms with Crippen molar-refractivity contribution in [3.05, 3.63) is 29.2 Å². The summed E-state index contributed by atoms with van der Waals surface area (Å²) in [6, 6.07) is 5.00. The van der Waals surface area contributed by atoms with Crippen molar-refractivity contribution >= 4 is 17.2 Å². The first kappa shape index (κ1) is 11.8. The Bertz CT molecular complexity index is 577. The van der Waals surface area contributed by atoms with Crippen LogP contribution in [-0.2, 0) is 0 Å². The molecule has 2 unspecified atom stereocenters. The molecule has 0 aliphatic carbocycles. The summed E-state index contributed by atoms with van der Waals surface area (Å²) in [6.07, 6.45) is -1.19. The molecule has 88 valence electrons. The molecule has 0 radical (unpaired) electrons. The number of aliphatic hydroxyl groups is 2. The van der Waals surface area contributed by atoms with Crippen molar-refractivity contribution < 1.29 is 10.2 Å². The first-order valence-corrected chi connectivity index (χ1v) is 5.24. The van der Waals surface area contributed by atoms with Gasteiger partial charge in [-0.1, -0.05) is 11.6 Å². The van der Waals surface area contributed by atoms with Gasteiger partial charge in [0, 0.05) is 0 Å². The lowest BCUT2D eigenvalue weighted by Gasteiger charge is -2.13. The van der Waals surface area contributed by atoms with E-state index in [-0.39, 0.29) is 11.6 Å². The van der Waals surface area contributed by atoms with Gasteiger partial charge in [0.1, 0.15) is 11.3 Å². The number of halogens is 1. The second-order valence-electron chi connectivity index (χ2n) is 3.48. The average Bonchev–Trinajstić information content (AvgIpc) is 2.71. The fourth-order valence-electron chi connectivity index (χ4n) is 1.47. The zero-order chi connectivity index (χ0) is 12.4. The molecular formula is C10H9ClN4O2. The van der Waals surface area contributed by atoms with Gasteiger partial charge in [-0.25, -0.2) is 9.50 Å². The third kappa shape index (κ3) is 2.22. The topological polar surface area (TPSA) is 94.4 Å². The van der Waals surface area contributed by atoms with Crippen molar-refractivity contribution in [1.29, 1.82) is 5.26 Å². The van der Waals surface area contributed by atoms with E-state index in [1.54, 1.807) is 18.2 Å². The Balaban J connectivity index is 2.42. The van der Waals surface area contributed by atoms with Gasteiger partial charge in [0.25, 0.3) is 0 Å². The smallest absolute Gasteiger partial charge is 0.153 e. The van der Waals surface area contributed by atoms with Crippen molar-refractivity contribution in [1.82, 2.24) is 14.6 Å². The van der Waals surface area contributed by atoms with E-state index in [1.807, 2.05) is 0 Å². The molecule has 2 heterocycles. The summed E-state index contributed by atoms with van der Waals surface area (Å²) >= 11 is 5.74. The predicted octanol–water partition coefficient (Wildman–Crippen LogP) is 0.691. The van der Waals surface area contributed by atoms with Crippen molar-refractivity contribution in [2.45, 2.75) is 18.6 Å². The van der Waals surface area contributed by atoms with Crippen molar-refractivity contribution in [2.75, 3.05) is 0 Å². The van der Waals surface area contributed by atoms with Gasteiger partial charge in [-0.05, 0) is 12.1 Å². The van der Waals surface area contributed by atoms with Crippen molar-refractivity contribution in [3.63, 3.8) is 0 Å². The molecule has 6 nitrogen and oxygen atoms in total. The zero-order valence-corrected chi connectivity index (χ0v) is 9.41.